The minimum atomic E-state index is 0.0297. The number of nitrogens with zero attached hydrogens (tertiary/aromatic N) is 12. The van der Waals surface area contributed by atoms with E-state index in [0.717, 1.165) is 112 Å². The number of H-pyrrole nitrogens is 2. The van der Waals surface area contributed by atoms with Crippen molar-refractivity contribution in [3.8, 4) is 77.3 Å². The van der Waals surface area contributed by atoms with Crippen LogP contribution in [0.1, 0.15) is 100 Å². The fourth-order valence-corrected chi connectivity index (χ4v) is 15.0. The minimum Gasteiger partial charge on any atom is -0.506 e. The lowest BCUT2D eigenvalue weighted by atomic mass is 10.1. The molecule has 0 bridgehead atoms. The zero-order valence-corrected chi connectivity index (χ0v) is 81.9. The molecule has 136 heavy (non-hydrogen) atoms. The number of nitrogens with one attached hydrogen (secondary N) is 2. The maximum absolute atomic E-state index is 9.92. The molecule has 0 radical (unpaired) electrons. The van der Waals surface area contributed by atoms with Crippen molar-refractivity contribution in [3.63, 3.8) is 0 Å². The number of imidazole rings is 1. The van der Waals surface area contributed by atoms with Gasteiger partial charge in [0.15, 0.2) is 5.82 Å². The monoisotopic (exact) mass is 2030 g/mol. The number of phenolic OH excluding ortho intramolecular Hbond substituents is 7. The maximum atomic E-state index is 9.92. The van der Waals surface area contributed by atoms with Crippen molar-refractivity contribution in [2.45, 2.75) is 68.4 Å². The summed E-state index contributed by atoms with van der Waals surface area (Å²) >= 11 is 36.2. The van der Waals surface area contributed by atoms with E-state index >= 15 is 0 Å². The van der Waals surface area contributed by atoms with Gasteiger partial charge in [-0.2, -0.15) is 20.7 Å². The van der Waals surface area contributed by atoms with Crippen molar-refractivity contribution >= 4 is 190 Å². The second-order valence-corrected chi connectivity index (χ2v) is 33.7. The molecule has 16 rings (SSSR count). The lowest BCUT2D eigenvalue weighted by molar-refractivity contribution is 0.414. The van der Waals surface area contributed by atoms with Crippen LogP contribution >= 0.6 is 89.9 Å². The molecule has 9 N–H and O–H groups in total. The van der Waals surface area contributed by atoms with Crippen LogP contribution in [-0.4, -0.2) is 117 Å². The number of nitriles is 1. The van der Waals surface area contributed by atoms with Crippen molar-refractivity contribution in [1.82, 2.24) is 30.4 Å². The number of aliphatic imine (C=N–C) groups is 7. The van der Waals surface area contributed by atoms with Crippen LogP contribution < -0.4 is 4.74 Å². The molecule has 0 unspecified atom stereocenters. The van der Waals surface area contributed by atoms with Crippen LogP contribution in [-0.2, 0) is 13.0 Å². The molecule has 0 saturated carbocycles. The van der Waals surface area contributed by atoms with E-state index in [1.54, 1.807) is 106 Å². The summed E-state index contributed by atoms with van der Waals surface area (Å²) in [4.78, 5) is 41.4. The van der Waals surface area contributed by atoms with Crippen LogP contribution in [0.5, 0.6) is 46.0 Å². The number of halogens is 7. The number of pyridine rings is 1. The first-order valence-corrected chi connectivity index (χ1v) is 44.6. The molecular weight excluding hydrogens is 1950 g/mol. The van der Waals surface area contributed by atoms with Gasteiger partial charge in [-0.15, -0.1) is 19.3 Å². The smallest absolute Gasteiger partial charge is 0.151 e. The molecule has 0 spiro atoms. The van der Waals surface area contributed by atoms with Crippen molar-refractivity contribution in [3.05, 3.63) is 383 Å². The fourth-order valence-electron chi connectivity index (χ4n) is 12.4. The van der Waals surface area contributed by atoms with Crippen molar-refractivity contribution in [2.24, 2.45) is 34.9 Å². The van der Waals surface area contributed by atoms with E-state index in [1.165, 1.54) is 5.56 Å². The summed E-state index contributed by atoms with van der Waals surface area (Å²) in [6, 6.07) is 74.2. The third-order valence-electron chi connectivity index (χ3n) is 19.0. The molecule has 3 aromatic heterocycles. The van der Waals surface area contributed by atoms with E-state index in [1.807, 2.05) is 250 Å². The highest BCUT2D eigenvalue weighted by Gasteiger charge is 2.13. The number of aromatic amines is 2. The zero-order valence-electron chi connectivity index (χ0n) is 74.9. The van der Waals surface area contributed by atoms with E-state index in [4.69, 9.17) is 74.4 Å². The van der Waals surface area contributed by atoms with Gasteiger partial charge in [0.2, 0.25) is 0 Å². The Hall–Kier alpha value is -15.0. The third kappa shape index (κ3) is 32.4. The SMILES string of the molecule is C#C.C#Cc1cccc(N=Cc2cc(C)cc(Cl)c2O)c1.COc1ccc(CN=Cc2cc(C)cc(Cl)c2O)cc1.Cc1cc(Br)c(O)c(C=Nc2ccccn2)c1.Cc1cc(Cl)c(O)c(C=Nc2ccc(CC#N)cc2)c1.Cc1cc(Cl)c(O)c(C=Nc2ccc3n[nH]nc3c2)c1.Cc1cc(Cl)c(O)c(C=Nc2ccc3nc[nH]c3c2)c1.Cc1cccc(N=Cc2cc(C)cc(Br)c2O)c1. The van der Waals surface area contributed by atoms with Crippen LogP contribution in [0.3, 0.4) is 0 Å². The molecule has 686 valence electrons. The molecule has 0 atom stereocenters. The quantitative estimate of drug-likeness (QED) is 0.0303. The summed E-state index contributed by atoms with van der Waals surface area (Å²) in [6.07, 6.45) is 28.3. The Bertz CT molecular complexity index is 7060. The number of aromatic nitrogens is 6. The lowest BCUT2D eigenvalue weighted by Gasteiger charge is -2.04. The topological polar surface area (TPSA) is 344 Å². The van der Waals surface area contributed by atoms with E-state index < -0.39 is 0 Å². The Labute approximate surface area is 830 Å². The largest absolute Gasteiger partial charge is 0.506 e. The summed E-state index contributed by atoms with van der Waals surface area (Å²) in [7, 11) is 1.64. The highest BCUT2D eigenvalue weighted by atomic mass is 79.9. The van der Waals surface area contributed by atoms with Gasteiger partial charge in [-0.1, -0.05) is 112 Å². The van der Waals surface area contributed by atoms with Gasteiger partial charge in [-0.25, -0.2) is 15.0 Å². The normalized spacial score (nSPS) is 10.9. The number of hydrogen-bond donors (Lipinski definition) is 9. The van der Waals surface area contributed by atoms with E-state index in [9.17, 15) is 35.7 Å². The average Bonchev–Trinajstić information content (AvgIpc) is 1.72. The standard InChI is InChI=1S/C16H13ClN2O.C16H16ClNO2.C16H12ClNO.C15H14BrNO.C15H12ClN3O.C14H11ClN4O.C13H11BrN2O.C2H2/c1-11-8-13(16(20)15(17)9-11)10-19-14-4-2-12(3-5-14)6-7-18;1-11-7-13(16(19)15(17)8-11)10-18-9-12-3-5-14(20-2)6-4-12;1-3-12-5-4-6-14(9-12)18-10-13-7-11(2)8-15(17)16(13)19;1-10-4-3-5-13(7-10)17-9-12-6-11(2)8-14(16)15(12)18;1-9-4-10(15(20)12(16)5-9)7-17-11-2-3-13-14(6-11)19-8-18-13;1-8-4-9(14(20)11(15)5-8)7-16-10-2-3-12-13(6-10)18-19-17-12;1-9-6-10(13(17)11(14)7-9)8-16-12-4-2-3-5-15-12;1-2/h2-5,8-10,20H,6H2,1H3;3-8,10,19H,9H2,1-2H3;1,4-10,19H,2H3;3-9,18H,1-2H3;2-8,20H,1H3,(H,18,19);2-7,20H,1H3,(H,17,18,19);2-8,17H,1H3;1-2H. The van der Waals surface area contributed by atoms with Crippen molar-refractivity contribution < 1.29 is 40.5 Å². The molecule has 22 nitrogen and oxygen atoms in total. The minimum absolute atomic E-state index is 0.0297. The Morgan fingerprint density at radius 3 is 1.21 bits per heavy atom. The maximum Gasteiger partial charge on any atom is 0.151 e. The molecule has 0 aliphatic heterocycles. The van der Waals surface area contributed by atoms with Crippen molar-refractivity contribution in [1.29, 1.82) is 5.26 Å². The number of rotatable bonds is 17. The van der Waals surface area contributed by atoms with E-state index in [0.29, 0.717) is 91.8 Å². The van der Waals surface area contributed by atoms with Gasteiger partial charge in [-0.05, 0) is 331 Å². The highest BCUT2D eigenvalue weighted by Crippen LogP contribution is 2.36. The second-order valence-electron chi connectivity index (χ2n) is 30.0. The van der Waals surface area contributed by atoms with Gasteiger partial charge >= 0.3 is 0 Å². The van der Waals surface area contributed by atoms with Gasteiger partial charge in [0, 0.05) is 94.2 Å². The molecule has 0 fully saturated rings. The molecule has 16 aromatic rings. The first-order chi connectivity index (χ1) is 65.3. The average molecular weight is 2040 g/mol. The molecule has 0 saturated heterocycles. The zero-order chi connectivity index (χ0) is 98.5. The highest BCUT2D eigenvalue weighted by molar-refractivity contribution is 9.11. The number of methoxy groups -OCH3 is 1. The Kier molecular flexibility index (Phi) is 40.4. The summed E-state index contributed by atoms with van der Waals surface area (Å²) in [5.74, 6) is 4.60. The summed E-state index contributed by atoms with van der Waals surface area (Å²) in [5.41, 5.74) is 22.5. The van der Waals surface area contributed by atoms with Gasteiger partial charge in [0.05, 0.1) is 106 Å². The molecule has 13 aromatic carbocycles. The number of aryl methyl sites for hydroxylation is 8. The van der Waals surface area contributed by atoms with Gasteiger partial charge < -0.3 is 45.5 Å². The van der Waals surface area contributed by atoms with Gasteiger partial charge in [-0.3, -0.25) is 30.0 Å². The molecular formula is C107H91Br2Cl5N14O8. The summed E-state index contributed by atoms with van der Waals surface area (Å²) in [6.45, 7) is 16.1. The van der Waals surface area contributed by atoms with Crippen LogP contribution in [0.4, 0.5) is 34.3 Å². The van der Waals surface area contributed by atoms with E-state index in [-0.39, 0.29) is 40.2 Å². The van der Waals surface area contributed by atoms with Crippen LogP contribution in [0.2, 0.25) is 25.1 Å². The number of benzene rings is 13. The van der Waals surface area contributed by atoms with Crippen molar-refractivity contribution in [2.75, 3.05) is 7.11 Å². The number of hydrogen-bond acceptors (Lipinski definition) is 20. The van der Waals surface area contributed by atoms with E-state index in [2.05, 4.69) is 122 Å². The molecule has 3 heterocycles. The van der Waals surface area contributed by atoms with Crippen LogP contribution in [0.15, 0.2) is 293 Å². The number of fused-ring (bicyclic) bond motifs is 2. The summed E-state index contributed by atoms with van der Waals surface area (Å²) in [5, 5.41) is 89.8. The molecule has 0 aliphatic rings. The number of ether oxygens (including phenoxy) is 1. The van der Waals surface area contributed by atoms with Crippen LogP contribution in [0.25, 0.3) is 22.1 Å². The van der Waals surface area contributed by atoms with Crippen LogP contribution in [0, 0.1) is 91.9 Å². The second kappa shape index (κ2) is 52.4. The Morgan fingerprint density at radius 2 is 0.772 bits per heavy atom. The molecule has 0 aliphatic carbocycles. The lowest BCUT2D eigenvalue weighted by Crippen LogP contribution is -1.88. The van der Waals surface area contributed by atoms with Gasteiger partial charge in [0.1, 0.15) is 57.0 Å². The number of terminal acetylenes is 2. The number of phenols is 7. The Morgan fingerprint density at radius 1 is 0.382 bits per heavy atom. The predicted octanol–water partition coefficient (Wildman–Crippen LogP) is 28.0. The third-order valence-corrected chi connectivity index (χ3v) is 21.7. The Balaban J connectivity index is 0.000000177. The summed E-state index contributed by atoms with van der Waals surface area (Å²) < 4.78 is 6.45. The molecule has 29 heteroatoms. The first kappa shape index (κ1) is 105. The van der Waals surface area contributed by atoms with Gasteiger partial charge in [0.25, 0.3) is 0 Å². The predicted molar refractivity (Wildman–Crippen MR) is 564 cm³/mol. The number of aromatic hydroxyl groups is 7. The fraction of sp³-hybridized carbons (Fsp3) is 0.103. The molecule has 0 amide bonds. The first-order valence-electron chi connectivity index (χ1n) is 41.2.